The fourth-order valence-electron chi connectivity index (χ4n) is 5.41. The average Bonchev–Trinajstić information content (AvgIpc) is 3.19. The maximum atomic E-state index is 13.0. The van der Waals surface area contributed by atoms with E-state index < -0.39 is 11.9 Å². The lowest BCUT2D eigenvalue weighted by Crippen LogP contribution is -2.06. The SMILES string of the molecule is COC(=O)c1ccc(Oc2cc(CCc3cccc(Oc4ccc(C(=O)OCc5ccccc5)cc4OCc4ccccc4)c3)ccc2OC)cc1. The van der Waals surface area contributed by atoms with E-state index in [1.165, 1.54) is 7.11 Å². The smallest absolute Gasteiger partial charge is 0.338 e. The summed E-state index contributed by atoms with van der Waals surface area (Å²) in [6, 6.07) is 44.9. The number of carbonyl (C=O) groups is 2. The Hall–Kier alpha value is -6.54. The van der Waals surface area contributed by atoms with E-state index in [1.807, 2.05) is 97.1 Å². The van der Waals surface area contributed by atoms with E-state index in [0.717, 1.165) is 35.1 Å². The molecule has 0 atom stereocenters. The van der Waals surface area contributed by atoms with Gasteiger partial charge < -0.3 is 28.4 Å². The second-order valence-corrected chi connectivity index (χ2v) is 11.9. The predicted molar refractivity (Wildman–Crippen MR) is 198 cm³/mol. The molecule has 0 aliphatic heterocycles. The quantitative estimate of drug-likeness (QED) is 0.0982. The van der Waals surface area contributed by atoms with E-state index in [4.69, 9.17) is 28.4 Å². The summed E-state index contributed by atoms with van der Waals surface area (Å²) >= 11 is 0. The Bertz CT molecular complexity index is 2090. The molecule has 0 N–H and O–H groups in total. The molecule has 0 spiro atoms. The Morgan fingerprint density at radius 3 is 1.77 bits per heavy atom. The number of hydrogen-bond acceptors (Lipinski definition) is 8. The van der Waals surface area contributed by atoms with Crippen LogP contribution in [0.3, 0.4) is 0 Å². The highest BCUT2D eigenvalue weighted by atomic mass is 16.5. The zero-order chi connectivity index (χ0) is 36.1. The lowest BCUT2D eigenvalue weighted by molar-refractivity contribution is 0.0471. The molecular formula is C44H38O8. The van der Waals surface area contributed by atoms with Crippen molar-refractivity contribution in [2.45, 2.75) is 26.1 Å². The van der Waals surface area contributed by atoms with E-state index in [-0.39, 0.29) is 6.61 Å². The second kappa shape index (κ2) is 17.4. The van der Waals surface area contributed by atoms with E-state index >= 15 is 0 Å². The molecule has 52 heavy (non-hydrogen) atoms. The van der Waals surface area contributed by atoms with E-state index in [0.29, 0.717) is 52.2 Å². The van der Waals surface area contributed by atoms with Gasteiger partial charge in [-0.05, 0) is 102 Å². The van der Waals surface area contributed by atoms with Crippen molar-refractivity contribution in [1.82, 2.24) is 0 Å². The molecule has 6 rings (SSSR count). The molecule has 0 radical (unpaired) electrons. The number of aryl methyl sites for hydroxylation is 2. The highest BCUT2D eigenvalue weighted by Crippen LogP contribution is 2.35. The zero-order valence-corrected chi connectivity index (χ0v) is 29.0. The maximum absolute atomic E-state index is 13.0. The minimum absolute atomic E-state index is 0.169. The van der Waals surface area contributed by atoms with Crippen LogP contribution in [-0.2, 0) is 35.5 Å². The molecule has 0 saturated carbocycles. The van der Waals surface area contributed by atoms with Crippen LogP contribution in [0.5, 0.6) is 34.5 Å². The van der Waals surface area contributed by atoms with Crippen LogP contribution in [0.1, 0.15) is 43.0 Å². The van der Waals surface area contributed by atoms with Crippen molar-refractivity contribution >= 4 is 11.9 Å². The van der Waals surface area contributed by atoms with Gasteiger partial charge in [0.15, 0.2) is 23.0 Å². The summed E-state index contributed by atoms with van der Waals surface area (Å²) in [6.45, 7) is 0.466. The zero-order valence-electron chi connectivity index (χ0n) is 29.0. The van der Waals surface area contributed by atoms with Crippen LogP contribution in [-0.4, -0.2) is 26.2 Å². The Kier molecular flexibility index (Phi) is 11.8. The van der Waals surface area contributed by atoms with Crippen LogP contribution < -0.4 is 18.9 Å². The number of methoxy groups -OCH3 is 2. The molecular weight excluding hydrogens is 656 g/mol. The molecule has 0 aliphatic rings. The van der Waals surface area contributed by atoms with Gasteiger partial charge in [0.1, 0.15) is 24.7 Å². The van der Waals surface area contributed by atoms with Gasteiger partial charge in [-0.15, -0.1) is 0 Å². The van der Waals surface area contributed by atoms with Crippen molar-refractivity contribution in [1.29, 1.82) is 0 Å². The van der Waals surface area contributed by atoms with Gasteiger partial charge in [0.25, 0.3) is 0 Å². The number of hydrogen-bond donors (Lipinski definition) is 0. The normalized spacial score (nSPS) is 10.6. The Balaban J connectivity index is 1.14. The van der Waals surface area contributed by atoms with Crippen LogP contribution in [0.4, 0.5) is 0 Å². The molecule has 262 valence electrons. The summed E-state index contributed by atoms with van der Waals surface area (Å²) < 4.78 is 34.6. The summed E-state index contributed by atoms with van der Waals surface area (Å²) in [7, 11) is 2.94. The van der Waals surface area contributed by atoms with Gasteiger partial charge in [0.05, 0.1) is 25.3 Å². The third-order valence-electron chi connectivity index (χ3n) is 8.19. The molecule has 0 aliphatic carbocycles. The summed E-state index contributed by atoms with van der Waals surface area (Å²) in [6.07, 6.45) is 1.47. The standard InChI is InChI=1S/C44H38O8/c1-47-39-24-18-32(27-42(39)51-37-22-19-35(20-23-37)43(45)48-2)17-16-31-14-9-15-38(26-31)52-40-25-21-36(44(46)50-30-34-12-7-4-8-13-34)28-41(40)49-29-33-10-5-3-6-11-33/h3-15,18-28H,16-17,29-30H2,1-2H3. The average molecular weight is 695 g/mol. The van der Waals surface area contributed by atoms with Crippen LogP contribution in [0.15, 0.2) is 146 Å². The van der Waals surface area contributed by atoms with Crippen molar-refractivity contribution < 1.29 is 38.0 Å². The number of benzene rings is 6. The molecule has 6 aromatic carbocycles. The van der Waals surface area contributed by atoms with E-state index in [9.17, 15) is 9.59 Å². The van der Waals surface area contributed by atoms with Crippen molar-refractivity contribution in [3.8, 4) is 34.5 Å². The lowest BCUT2D eigenvalue weighted by atomic mass is 10.0. The van der Waals surface area contributed by atoms with Gasteiger partial charge in [-0.1, -0.05) is 78.9 Å². The lowest BCUT2D eigenvalue weighted by Gasteiger charge is -2.15. The van der Waals surface area contributed by atoms with Gasteiger partial charge in [0, 0.05) is 0 Å². The van der Waals surface area contributed by atoms with Crippen molar-refractivity contribution in [3.05, 3.63) is 179 Å². The Morgan fingerprint density at radius 2 is 1.08 bits per heavy atom. The first-order valence-corrected chi connectivity index (χ1v) is 16.8. The molecule has 0 amide bonds. The molecule has 0 saturated heterocycles. The van der Waals surface area contributed by atoms with Gasteiger partial charge in [-0.25, -0.2) is 9.59 Å². The number of esters is 2. The molecule has 0 fully saturated rings. The third kappa shape index (κ3) is 9.57. The minimum atomic E-state index is -0.453. The molecule has 0 aromatic heterocycles. The van der Waals surface area contributed by atoms with Gasteiger partial charge in [-0.2, -0.15) is 0 Å². The molecule has 8 nitrogen and oxygen atoms in total. The maximum Gasteiger partial charge on any atom is 0.338 e. The fraction of sp³-hybridized carbons (Fsp3) is 0.136. The van der Waals surface area contributed by atoms with Crippen LogP contribution >= 0.6 is 0 Å². The first-order valence-electron chi connectivity index (χ1n) is 16.8. The molecule has 8 heteroatoms. The van der Waals surface area contributed by atoms with Gasteiger partial charge in [0.2, 0.25) is 0 Å². The topological polar surface area (TPSA) is 89.5 Å². The van der Waals surface area contributed by atoms with E-state index in [2.05, 4.69) is 6.07 Å². The minimum Gasteiger partial charge on any atom is -0.493 e. The first-order chi connectivity index (χ1) is 25.5. The third-order valence-corrected chi connectivity index (χ3v) is 8.19. The fourth-order valence-corrected chi connectivity index (χ4v) is 5.41. The van der Waals surface area contributed by atoms with Crippen molar-refractivity contribution in [2.75, 3.05) is 14.2 Å². The Morgan fingerprint density at radius 1 is 0.462 bits per heavy atom. The van der Waals surface area contributed by atoms with Crippen LogP contribution in [0.25, 0.3) is 0 Å². The summed E-state index contributed by atoms with van der Waals surface area (Å²) in [5, 5.41) is 0. The molecule has 6 aromatic rings. The summed E-state index contributed by atoms with van der Waals surface area (Å²) in [5.41, 5.74) is 4.81. The van der Waals surface area contributed by atoms with Crippen LogP contribution in [0.2, 0.25) is 0 Å². The largest absolute Gasteiger partial charge is 0.493 e. The highest BCUT2D eigenvalue weighted by molar-refractivity contribution is 5.90. The van der Waals surface area contributed by atoms with Gasteiger partial charge in [-0.3, -0.25) is 0 Å². The summed E-state index contributed by atoms with van der Waals surface area (Å²) in [4.78, 5) is 24.8. The van der Waals surface area contributed by atoms with Crippen molar-refractivity contribution in [2.24, 2.45) is 0 Å². The molecule has 0 bridgehead atoms. The number of ether oxygens (including phenoxy) is 6. The number of carbonyl (C=O) groups excluding carboxylic acids is 2. The first kappa shape index (κ1) is 35.3. The predicted octanol–water partition coefficient (Wildman–Crippen LogP) is 9.79. The second-order valence-electron chi connectivity index (χ2n) is 11.9. The highest BCUT2D eigenvalue weighted by Gasteiger charge is 2.15. The summed E-state index contributed by atoms with van der Waals surface area (Å²) in [5.74, 6) is 2.40. The van der Waals surface area contributed by atoms with Crippen LogP contribution in [0, 0.1) is 0 Å². The van der Waals surface area contributed by atoms with Crippen molar-refractivity contribution in [3.63, 3.8) is 0 Å². The molecule has 0 heterocycles. The monoisotopic (exact) mass is 694 g/mol. The molecule has 0 unspecified atom stereocenters. The Labute approximate surface area is 303 Å². The van der Waals surface area contributed by atoms with E-state index in [1.54, 1.807) is 49.6 Å². The number of rotatable bonds is 15. The van der Waals surface area contributed by atoms with Gasteiger partial charge >= 0.3 is 11.9 Å².